The number of hydrogen-bond acceptors (Lipinski definition) is 0. The molecule has 0 unspecified atom stereocenters. The van der Waals surface area contributed by atoms with Gasteiger partial charge in [-0.3, -0.25) is 0 Å². The summed E-state index contributed by atoms with van der Waals surface area (Å²) in [6.45, 7) is 9.04. The number of aromatic amines is 1. The molecule has 1 nitrogen and oxygen atoms in total. The van der Waals surface area contributed by atoms with Gasteiger partial charge in [0.2, 0.25) is 0 Å². The van der Waals surface area contributed by atoms with Crippen molar-refractivity contribution in [2.45, 2.75) is 46.0 Å². The summed E-state index contributed by atoms with van der Waals surface area (Å²) >= 11 is 0. The molecule has 0 saturated carbocycles. The summed E-state index contributed by atoms with van der Waals surface area (Å²) in [6.07, 6.45) is 2.24. The van der Waals surface area contributed by atoms with E-state index in [1.54, 1.807) is 0 Å². The Balaban J connectivity index is 2.51. The SMILES string of the molecule is CCc1cc2ccc(C(C)(C)CC)cc2[nH]1. The minimum atomic E-state index is 0.270. The van der Waals surface area contributed by atoms with Crippen molar-refractivity contribution in [3.05, 3.63) is 35.5 Å². The van der Waals surface area contributed by atoms with E-state index in [2.05, 4.69) is 56.9 Å². The maximum atomic E-state index is 3.48. The first-order valence-electron chi connectivity index (χ1n) is 6.19. The second-order valence-corrected chi connectivity index (χ2v) is 5.19. The van der Waals surface area contributed by atoms with E-state index in [1.807, 2.05) is 0 Å². The lowest BCUT2D eigenvalue weighted by Crippen LogP contribution is -2.14. The highest BCUT2D eigenvalue weighted by Gasteiger charge is 2.18. The fraction of sp³-hybridized carbons (Fsp3) is 0.467. The standard InChI is InChI=1S/C15H21N/c1-5-13-9-11-7-8-12(10-14(11)16-13)15(3,4)6-2/h7-10,16H,5-6H2,1-4H3. The largest absolute Gasteiger partial charge is 0.358 e. The molecule has 0 aliphatic carbocycles. The van der Waals surface area contributed by atoms with Crippen molar-refractivity contribution in [1.29, 1.82) is 0 Å². The minimum absolute atomic E-state index is 0.270. The number of H-pyrrole nitrogens is 1. The molecule has 0 fully saturated rings. The van der Waals surface area contributed by atoms with E-state index in [0.717, 1.165) is 6.42 Å². The zero-order chi connectivity index (χ0) is 11.8. The van der Waals surface area contributed by atoms with Crippen LogP contribution in [0.3, 0.4) is 0 Å². The topological polar surface area (TPSA) is 15.8 Å². The van der Waals surface area contributed by atoms with Crippen LogP contribution >= 0.6 is 0 Å². The van der Waals surface area contributed by atoms with E-state index < -0.39 is 0 Å². The van der Waals surface area contributed by atoms with Crippen LogP contribution in [0.2, 0.25) is 0 Å². The van der Waals surface area contributed by atoms with Crippen LogP contribution in [0.1, 0.15) is 45.4 Å². The van der Waals surface area contributed by atoms with Crippen LogP contribution in [0.25, 0.3) is 10.9 Å². The minimum Gasteiger partial charge on any atom is -0.358 e. The summed E-state index contributed by atoms with van der Waals surface area (Å²) in [5.41, 5.74) is 4.29. The maximum Gasteiger partial charge on any atom is 0.0459 e. The number of rotatable bonds is 3. The van der Waals surface area contributed by atoms with Crippen LogP contribution < -0.4 is 0 Å². The molecule has 2 rings (SSSR count). The van der Waals surface area contributed by atoms with Crippen LogP contribution in [0, 0.1) is 0 Å². The first kappa shape index (κ1) is 11.3. The number of nitrogens with one attached hydrogen (secondary N) is 1. The number of fused-ring (bicyclic) bond motifs is 1. The van der Waals surface area contributed by atoms with Gasteiger partial charge in [-0.1, -0.05) is 39.8 Å². The smallest absolute Gasteiger partial charge is 0.0459 e. The molecule has 1 aromatic heterocycles. The Morgan fingerprint density at radius 1 is 1.12 bits per heavy atom. The molecule has 1 N–H and O–H groups in total. The first-order valence-corrected chi connectivity index (χ1v) is 6.19. The quantitative estimate of drug-likeness (QED) is 0.780. The normalized spacial score (nSPS) is 12.2. The molecular formula is C15H21N. The summed E-state index contributed by atoms with van der Waals surface area (Å²) < 4.78 is 0. The second-order valence-electron chi connectivity index (χ2n) is 5.19. The van der Waals surface area contributed by atoms with E-state index in [9.17, 15) is 0 Å². The molecule has 0 radical (unpaired) electrons. The fourth-order valence-corrected chi connectivity index (χ4v) is 2.00. The monoisotopic (exact) mass is 215 g/mol. The highest BCUT2D eigenvalue weighted by Crippen LogP contribution is 2.29. The zero-order valence-electron chi connectivity index (χ0n) is 10.7. The van der Waals surface area contributed by atoms with E-state index in [1.165, 1.54) is 28.6 Å². The lowest BCUT2D eigenvalue weighted by Gasteiger charge is -2.23. The Hall–Kier alpha value is -1.24. The summed E-state index contributed by atoms with van der Waals surface area (Å²) in [6, 6.07) is 9.05. The van der Waals surface area contributed by atoms with Crippen LogP contribution in [0.4, 0.5) is 0 Å². The van der Waals surface area contributed by atoms with Gasteiger partial charge >= 0.3 is 0 Å². The van der Waals surface area contributed by atoms with Crippen molar-refractivity contribution in [3.8, 4) is 0 Å². The Labute approximate surface area is 97.9 Å². The van der Waals surface area contributed by atoms with Gasteiger partial charge in [0.05, 0.1) is 0 Å². The first-order chi connectivity index (χ1) is 7.56. The van der Waals surface area contributed by atoms with Crippen LogP contribution in [-0.2, 0) is 11.8 Å². The van der Waals surface area contributed by atoms with Gasteiger partial charge in [-0.25, -0.2) is 0 Å². The molecule has 1 heteroatoms. The van der Waals surface area contributed by atoms with Crippen molar-refractivity contribution in [2.24, 2.45) is 0 Å². The molecule has 1 heterocycles. The van der Waals surface area contributed by atoms with Crippen molar-refractivity contribution in [3.63, 3.8) is 0 Å². The van der Waals surface area contributed by atoms with Gasteiger partial charge in [-0.05, 0) is 41.3 Å². The van der Waals surface area contributed by atoms with E-state index in [-0.39, 0.29) is 5.41 Å². The van der Waals surface area contributed by atoms with Gasteiger partial charge in [0.15, 0.2) is 0 Å². The molecule has 0 spiro atoms. The van der Waals surface area contributed by atoms with Gasteiger partial charge in [-0.2, -0.15) is 0 Å². The maximum absolute atomic E-state index is 3.48. The lowest BCUT2D eigenvalue weighted by molar-refractivity contribution is 0.507. The molecule has 0 atom stereocenters. The van der Waals surface area contributed by atoms with Gasteiger partial charge in [0.25, 0.3) is 0 Å². The summed E-state index contributed by atoms with van der Waals surface area (Å²) in [5.74, 6) is 0. The van der Waals surface area contributed by atoms with Crippen molar-refractivity contribution in [1.82, 2.24) is 4.98 Å². The highest BCUT2D eigenvalue weighted by molar-refractivity contribution is 5.81. The summed E-state index contributed by atoms with van der Waals surface area (Å²) in [5, 5.41) is 1.33. The Morgan fingerprint density at radius 2 is 1.88 bits per heavy atom. The van der Waals surface area contributed by atoms with Gasteiger partial charge in [0.1, 0.15) is 0 Å². The average Bonchev–Trinajstić information content (AvgIpc) is 2.70. The highest BCUT2D eigenvalue weighted by atomic mass is 14.7. The molecule has 86 valence electrons. The molecule has 0 saturated heterocycles. The van der Waals surface area contributed by atoms with Gasteiger partial charge < -0.3 is 4.98 Å². The fourth-order valence-electron chi connectivity index (χ4n) is 2.00. The second kappa shape index (κ2) is 3.97. The predicted octanol–water partition coefficient (Wildman–Crippen LogP) is 4.42. The van der Waals surface area contributed by atoms with Crippen molar-refractivity contribution < 1.29 is 0 Å². The zero-order valence-corrected chi connectivity index (χ0v) is 10.7. The molecule has 0 aliphatic rings. The summed E-state index contributed by atoms with van der Waals surface area (Å²) in [7, 11) is 0. The third-order valence-electron chi connectivity index (χ3n) is 3.72. The third-order valence-corrected chi connectivity index (χ3v) is 3.72. The summed E-state index contributed by atoms with van der Waals surface area (Å²) in [4.78, 5) is 3.48. The van der Waals surface area contributed by atoms with Gasteiger partial charge in [-0.15, -0.1) is 0 Å². The van der Waals surface area contributed by atoms with Crippen LogP contribution in [0.5, 0.6) is 0 Å². The van der Waals surface area contributed by atoms with E-state index in [4.69, 9.17) is 0 Å². The average molecular weight is 215 g/mol. The molecule has 2 aromatic rings. The molecule has 16 heavy (non-hydrogen) atoms. The van der Waals surface area contributed by atoms with E-state index in [0.29, 0.717) is 0 Å². The molecule has 1 aromatic carbocycles. The van der Waals surface area contributed by atoms with Crippen molar-refractivity contribution in [2.75, 3.05) is 0 Å². The number of benzene rings is 1. The predicted molar refractivity (Wildman–Crippen MR) is 71.0 cm³/mol. The van der Waals surface area contributed by atoms with Gasteiger partial charge in [0, 0.05) is 11.2 Å². The van der Waals surface area contributed by atoms with Crippen molar-refractivity contribution >= 4 is 10.9 Å². The number of aromatic nitrogens is 1. The molecular weight excluding hydrogens is 194 g/mol. The Bertz CT molecular complexity index is 491. The molecule has 0 amide bonds. The molecule has 0 aliphatic heterocycles. The Kier molecular flexibility index (Phi) is 2.79. The van der Waals surface area contributed by atoms with Crippen LogP contribution in [-0.4, -0.2) is 4.98 Å². The molecule has 0 bridgehead atoms. The lowest BCUT2D eigenvalue weighted by atomic mass is 9.82. The number of aryl methyl sites for hydroxylation is 1. The Morgan fingerprint density at radius 3 is 2.50 bits per heavy atom. The number of hydrogen-bond donors (Lipinski definition) is 1. The van der Waals surface area contributed by atoms with E-state index >= 15 is 0 Å². The third kappa shape index (κ3) is 1.87. The van der Waals surface area contributed by atoms with Crippen LogP contribution in [0.15, 0.2) is 24.3 Å².